The number of halogens is 1. The SMILES string of the molecule is CCOc1ccc(OCC(=O)N[C@H](C)c2ccc(Cl)s2)cc1. The lowest BCUT2D eigenvalue weighted by Crippen LogP contribution is -2.30. The van der Waals surface area contributed by atoms with Crippen molar-refractivity contribution >= 4 is 28.8 Å². The molecular weight excluding hydrogens is 322 g/mol. The first-order valence-corrected chi connectivity index (χ1v) is 8.18. The van der Waals surface area contributed by atoms with Crippen LogP contribution in [0.3, 0.4) is 0 Å². The molecule has 22 heavy (non-hydrogen) atoms. The zero-order valence-corrected chi connectivity index (χ0v) is 14.0. The molecule has 0 bridgehead atoms. The van der Waals surface area contributed by atoms with Gasteiger partial charge in [0.2, 0.25) is 0 Å². The predicted octanol–water partition coefficient (Wildman–Crippen LogP) is 4.06. The number of carbonyl (C=O) groups is 1. The van der Waals surface area contributed by atoms with E-state index < -0.39 is 0 Å². The smallest absolute Gasteiger partial charge is 0.258 e. The Labute approximate surface area is 139 Å². The van der Waals surface area contributed by atoms with E-state index in [1.54, 1.807) is 12.1 Å². The number of carbonyl (C=O) groups excluding carboxylic acids is 1. The maximum absolute atomic E-state index is 11.9. The van der Waals surface area contributed by atoms with Crippen molar-refractivity contribution < 1.29 is 14.3 Å². The Balaban J connectivity index is 1.79. The summed E-state index contributed by atoms with van der Waals surface area (Å²) in [5.74, 6) is 1.24. The number of amides is 1. The second-order valence-electron chi connectivity index (χ2n) is 4.62. The van der Waals surface area contributed by atoms with Gasteiger partial charge in [-0.2, -0.15) is 0 Å². The Bertz CT molecular complexity index is 612. The van der Waals surface area contributed by atoms with Crippen LogP contribution >= 0.6 is 22.9 Å². The van der Waals surface area contributed by atoms with Crippen LogP contribution in [0, 0.1) is 0 Å². The standard InChI is InChI=1S/C16H18ClNO3S/c1-3-20-12-4-6-13(7-5-12)21-10-16(19)18-11(2)14-8-9-15(17)22-14/h4-9,11H,3,10H2,1-2H3,(H,18,19)/t11-/m1/s1. The third kappa shape index (κ3) is 4.93. The predicted molar refractivity (Wildman–Crippen MR) is 89.0 cm³/mol. The van der Waals surface area contributed by atoms with Crippen molar-refractivity contribution in [3.05, 3.63) is 45.6 Å². The first-order valence-electron chi connectivity index (χ1n) is 6.98. The molecule has 0 aliphatic heterocycles. The van der Waals surface area contributed by atoms with E-state index in [0.29, 0.717) is 16.7 Å². The molecule has 1 atom stereocenters. The number of hydrogen-bond donors (Lipinski definition) is 1. The first-order chi connectivity index (χ1) is 10.6. The number of rotatable bonds is 7. The van der Waals surface area contributed by atoms with E-state index in [1.807, 2.05) is 38.1 Å². The summed E-state index contributed by atoms with van der Waals surface area (Å²) in [4.78, 5) is 12.9. The Morgan fingerprint density at radius 2 is 1.82 bits per heavy atom. The molecule has 0 aliphatic rings. The van der Waals surface area contributed by atoms with Crippen molar-refractivity contribution in [2.24, 2.45) is 0 Å². The van der Waals surface area contributed by atoms with Gasteiger partial charge in [0.25, 0.3) is 5.91 Å². The molecule has 0 spiro atoms. The van der Waals surface area contributed by atoms with Crippen LogP contribution < -0.4 is 14.8 Å². The van der Waals surface area contributed by atoms with Gasteiger partial charge in [0.1, 0.15) is 11.5 Å². The molecule has 1 aromatic heterocycles. The van der Waals surface area contributed by atoms with Crippen LogP contribution in [0.25, 0.3) is 0 Å². The summed E-state index contributed by atoms with van der Waals surface area (Å²) in [6.07, 6.45) is 0. The fourth-order valence-electron chi connectivity index (χ4n) is 1.86. The molecule has 1 N–H and O–H groups in total. The van der Waals surface area contributed by atoms with E-state index in [1.165, 1.54) is 11.3 Å². The molecule has 0 unspecified atom stereocenters. The van der Waals surface area contributed by atoms with Gasteiger partial charge in [-0.3, -0.25) is 4.79 Å². The molecule has 0 aliphatic carbocycles. The van der Waals surface area contributed by atoms with Crippen molar-refractivity contribution in [1.29, 1.82) is 0 Å². The van der Waals surface area contributed by atoms with Crippen molar-refractivity contribution in [3.63, 3.8) is 0 Å². The summed E-state index contributed by atoms with van der Waals surface area (Å²) in [5, 5.41) is 2.87. The van der Waals surface area contributed by atoms with E-state index in [0.717, 1.165) is 10.6 Å². The second kappa shape index (κ2) is 8.06. The Kier molecular flexibility index (Phi) is 6.10. The fraction of sp³-hybridized carbons (Fsp3) is 0.312. The highest BCUT2D eigenvalue weighted by molar-refractivity contribution is 7.16. The molecule has 0 fully saturated rings. The summed E-state index contributed by atoms with van der Waals surface area (Å²) in [7, 11) is 0. The molecule has 2 rings (SSSR count). The molecule has 118 valence electrons. The number of nitrogens with one attached hydrogen (secondary N) is 1. The molecular formula is C16H18ClNO3S. The molecule has 0 radical (unpaired) electrons. The largest absolute Gasteiger partial charge is 0.494 e. The lowest BCUT2D eigenvalue weighted by atomic mass is 10.3. The fourth-order valence-corrected chi connectivity index (χ4v) is 2.93. The average molecular weight is 340 g/mol. The third-order valence-electron chi connectivity index (χ3n) is 2.90. The van der Waals surface area contributed by atoms with Crippen LogP contribution in [-0.2, 0) is 4.79 Å². The molecule has 0 saturated heterocycles. The summed E-state index contributed by atoms with van der Waals surface area (Å²) in [5.41, 5.74) is 0. The van der Waals surface area contributed by atoms with Crippen LogP contribution in [-0.4, -0.2) is 19.1 Å². The number of ether oxygens (including phenoxy) is 2. The highest BCUT2D eigenvalue weighted by Gasteiger charge is 2.12. The Morgan fingerprint density at radius 3 is 2.36 bits per heavy atom. The van der Waals surface area contributed by atoms with Gasteiger partial charge in [0, 0.05) is 4.88 Å². The number of hydrogen-bond acceptors (Lipinski definition) is 4. The lowest BCUT2D eigenvalue weighted by Gasteiger charge is -2.13. The molecule has 0 saturated carbocycles. The maximum atomic E-state index is 11.9. The van der Waals surface area contributed by atoms with E-state index in [4.69, 9.17) is 21.1 Å². The van der Waals surface area contributed by atoms with Gasteiger partial charge in [0.05, 0.1) is 17.0 Å². The monoisotopic (exact) mass is 339 g/mol. The van der Waals surface area contributed by atoms with E-state index in [2.05, 4.69) is 5.32 Å². The Morgan fingerprint density at radius 1 is 1.18 bits per heavy atom. The normalized spacial score (nSPS) is 11.8. The minimum atomic E-state index is -0.175. The van der Waals surface area contributed by atoms with Crippen molar-refractivity contribution in [1.82, 2.24) is 5.32 Å². The molecule has 4 nitrogen and oxygen atoms in total. The van der Waals surface area contributed by atoms with Gasteiger partial charge >= 0.3 is 0 Å². The lowest BCUT2D eigenvalue weighted by molar-refractivity contribution is -0.123. The van der Waals surface area contributed by atoms with Crippen LogP contribution in [0.1, 0.15) is 24.8 Å². The highest BCUT2D eigenvalue weighted by atomic mass is 35.5. The van der Waals surface area contributed by atoms with Gasteiger partial charge in [-0.15, -0.1) is 11.3 Å². The second-order valence-corrected chi connectivity index (χ2v) is 6.37. The molecule has 6 heteroatoms. The van der Waals surface area contributed by atoms with Crippen LogP contribution in [0.5, 0.6) is 11.5 Å². The first kappa shape index (κ1) is 16.6. The third-order valence-corrected chi connectivity index (χ3v) is 4.32. The summed E-state index contributed by atoms with van der Waals surface area (Å²) in [6, 6.07) is 10.8. The molecule has 1 heterocycles. The minimum absolute atomic E-state index is 0.0303. The van der Waals surface area contributed by atoms with Crippen LogP contribution in [0.2, 0.25) is 4.34 Å². The number of thiophene rings is 1. The topological polar surface area (TPSA) is 47.6 Å². The van der Waals surface area contributed by atoms with Gasteiger partial charge < -0.3 is 14.8 Å². The summed E-state index contributed by atoms with van der Waals surface area (Å²) >= 11 is 7.34. The van der Waals surface area contributed by atoms with Crippen molar-refractivity contribution in [3.8, 4) is 11.5 Å². The van der Waals surface area contributed by atoms with Crippen molar-refractivity contribution in [2.75, 3.05) is 13.2 Å². The number of benzene rings is 1. The molecule has 1 aromatic carbocycles. The zero-order chi connectivity index (χ0) is 15.9. The molecule has 1 amide bonds. The van der Waals surface area contributed by atoms with Gasteiger partial charge in [-0.1, -0.05) is 11.6 Å². The van der Waals surface area contributed by atoms with E-state index in [-0.39, 0.29) is 18.6 Å². The summed E-state index contributed by atoms with van der Waals surface area (Å²) < 4.78 is 11.5. The van der Waals surface area contributed by atoms with E-state index in [9.17, 15) is 4.79 Å². The van der Waals surface area contributed by atoms with Crippen LogP contribution in [0.4, 0.5) is 0 Å². The highest BCUT2D eigenvalue weighted by Crippen LogP contribution is 2.26. The quantitative estimate of drug-likeness (QED) is 0.827. The van der Waals surface area contributed by atoms with Crippen molar-refractivity contribution in [2.45, 2.75) is 19.9 Å². The Hall–Kier alpha value is -1.72. The van der Waals surface area contributed by atoms with E-state index >= 15 is 0 Å². The average Bonchev–Trinajstić information content (AvgIpc) is 2.93. The summed E-state index contributed by atoms with van der Waals surface area (Å²) in [6.45, 7) is 4.43. The maximum Gasteiger partial charge on any atom is 0.258 e. The zero-order valence-electron chi connectivity index (χ0n) is 12.5. The van der Waals surface area contributed by atoms with Gasteiger partial charge in [-0.25, -0.2) is 0 Å². The van der Waals surface area contributed by atoms with Crippen LogP contribution in [0.15, 0.2) is 36.4 Å². The van der Waals surface area contributed by atoms with Gasteiger partial charge in [-0.05, 0) is 50.2 Å². The minimum Gasteiger partial charge on any atom is -0.494 e. The molecule has 2 aromatic rings. The van der Waals surface area contributed by atoms with Gasteiger partial charge in [0.15, 0.2) is 6.61 Å².